The molecule has 0 atom stereocenters. The standard InChI is InChI=1S/C21H26N2O3S2/c24-21(22-14-17-27-19-6-2-1-3-7-19)13-10-18-8-11-20(12-9-18)28(25,26)23-15-4-5-16-23/h1-3,6-9,11-12H,4-5,10,13-17H2,(H,22,24). The monoisotopic (exact) mass is 418 g/mol. The molecule has 1 aliphatic rings. The minimum Gasteiger partial charge on any atom is -0.355 e. The van der Waals surface area contributed by atoms with Crippen molar-refractivity contribution in [3.63, 3.8) is 0 Å². The Morgan fingerprint density at radius 3 is 2.36 bits per heavy atom. The van der Waals surface area contributed by atoms with Gasteiger partial charge in [0.2, 0.25) is 15.9 Å². The van der Waals surface area contributed by atoms with Crippen molar-refractivity contribution in [1.29, 1.82) is 0 Å². The maximum Gasteiger partial charge on any atom is 0.243 e. The van der Waals surface area contributed by atoms with Crippen LogP contribution in [0.2, 0.25) is 0 Å². The number of rotatable bonds is 9. The molecular weight excluding hydrogens is 392 g/mol. The first kappa shape index (κ1) is 20.9. The summed E-state index contributed by atoms with van der Waals surface area (Å²) in [4.78, 5) is 13.5. The molecule has 2 aromatic carbocycles. The third kappa shape index (κ3) is 5.83. The zero-order valence-electron chi connectivity index (χ0n) is 15.8. The fourth-order valence-corrected chi connectivity index (χ4v) is 5.43. The molecule has 7 heteroatoms. The number of nitrogens with one attached hydrogen (secondary N) is 1. The summed E-state index contributed by atoms with van der Waals surface area (Å²) in [5.41, 5.74) is 0.967. The van der Waals surface area contributed by atoms with Crippen LogP contribution in [-0.2, 0) is 21.2 Å². The Balaban J connectivity index is 1.40. The Morgan fingerprint density at radius 1 is 1.00 bits per heavy atom. The number of aryl methyl sites for hydroxylation is 1. The van der Waals surface area contributed by atoms with E-state index in [2.05, 4.69) is 17.4 Å². The highest BCUT2D eigenvalue weighted by molar-refractivity contribution is 7.99. The smallest absolute Gasteiger partial charge is 0.243 e. The van der Waals surface area contributed by atoms with Crippen LogP contribution in [0.15, 0.2) is 64.4 Å². The van der Waals surface area contributed by atoms with Gasteiger partial charge in [-0.2, -0.15) is 4.31 Å². The molecule has 0 spiro atoms. The van der Waals surface area contributed by atoms with Crippen molar-refractivity contribution in [2.24, 2.45) is 0 Å². The van der Waals surface area contributed by atoms with E-state index in [0.29, 0.717) is 37.4 Å². The molecule has 5 nitrogen and oxygen atoms in total. The number of carbonyl (C=O) groups is 1. The molecule has 150 valence electrons. The van der Waals surface area contributed by atoms with Gasteiger partial charge in [-0.25, -0.2) is 8.42 Å². The molecule has 1 N–H and O–H groups in total. The molecule has 2 aromatic rings. The summed E-state index contributed by atoms with van der Waals surface area (Å²) in [5.74, 6) is 0.848. The van der Waals surface area contributed by atoms with E-state index >= 15 is 0 Å². The predicted octanol–water partition coefficient (Wildman–Crippen LogP) is 3.31. The van der Waals surface area contributed by atoms with Crippen molar-refractivity contribution >= 4 is 27.7 Å². The van der Waals surface area contributed by atoms with Gasteiger partial charge >= 0.3 is 0 Å². The molecule has 3 rings (SSSR count). The summed E-state index contributed by atoms with van der Waals surface area (Å²) >= 11 is 1.72. The van der Waals surface area contributed by atoms with Crippen LogP contribution in [0.5, 0.6) is 0 Å². The normalized spacial score (nSPS) is 14.9. The van der Waals surface area contributed by atoms with Crippen molar-refractivity contribution in [3.8, 4) is 0 Å². The van der Waals surface area contributed by atoms with Crippen LogP contribution in [0.4, 0.5) is 0 Å². The summed E-state index contributed by atoms with van der Waals surface area (Å²) in [7, 11) is -3.37. The van der Waals surface area contributed by atoms with Crippen LogP contribution in [-0.4, -0.2) is 44.0 Å². The van der Waals surface area contributed by atoms with Crippen LogP contribution in [0.1, 0.15) is 24.8 Å². The molecule has 0 radical (unpaired) electrons. The Hall–Kier alpha value is -1.83. The lowest BCUT2D eigenvalue weighted by molar-refractivity contribution is -0.120. The van der Waals surface area contributed by atoms with E-state index in [1.807, 2.05) is 30.3 Å². The number of amides is 1. The van der Waals surface area contributed by atoms with Gasteiger partial charge in [-0.1, -0.05) is 30.3 Å². The molecule has 1 saturated heterocycles. The fraction of sp³-hybridized carbons (Fsp3) is 0.381. The summed E-state index contributed by atoms with van der Waals surface area (Å²) < 4.78 is 26.6. The van der Waals surface area contributed by atoms with Crippen molar-refractivity contribution in [2.45, 2.75) is 35.5 Å². The second kappa shape index (κ2) is 10.1. The quantitative estimate of drug-likeness (QED) is 0.501. The van der Waals surface area contributed by atoms with Gasteiger partial charge in [-0.15, -0.1) is 11.8 Å². The first-order valence-electron chi connectivity index (χ1n) is 9.59. The number of nitrogens with zero attached hydrogens (tertiary/aromatic N) is 1. The number of thioether (sulfide) groups is 1. The third-order valence-corrected chi connectivity index (χ3v) is 7.63. The van der Waals surface area contributed by atoms with Crippen molar-refractivity contribution in [1.82, 2.24) is 9.62 Å². The Labute approximate surface area is 171 Å². The van der Waals surface area contributed by atoms with Crippen LogP contribution >= 0.6 is 11.8 Å². The predicted molar refractivity (Wildman–Crippen MR) is 113 cm³/mol. The zero-order valence-corrected chi connectivity index (χ0v) is 17.5. The molecule has 0 unspecified atom stereocenters. The number of hydrogen-bond acceptors (Lipinski definition) is 4. The van der Waals surface area contributed by atoms with Crippen LogP contribution in [0.25, 0.3) is 0 Å². The first-order chi connectivity index (χ1) is 13.6. The van der Waals surface area contributed by atoms with Gasteiger partial charge in [0.1, 0.15) is 0 Å². The Kier molecular flexibility index (Phi) is 7.53. The molecule has 1 aliphatic heterocycles. The van der Waals surface area contributed by atoms with Gasteiger partial charge in [0.25, 0.3) is 0 Å². The lowest BCUT2D eigenvalue weighted by Crippen LogP contribution is -2.27. The molecule has 28 heavy (non-hydrogen) atoms. The van der Waals surface area contributed by atoms with Crippen molar-refractivity contribution in [3.05, 3.63) is 60.2 Å². The number of hydrogen-bond donors (Lipinski definition) is 1. The fourth-order valence-electron chi connectivity index (χ4n) is 3.13. The zero-order chi connectivity index (χ0) is 19.8. The lowest BCUT2D eigenvalue weighted by atomic mass is 10.1. The minimum absolute atomic E-state index is 0.0161. The average molecular weight is 419 g/mol. The van der Waals surface area contributed by atoms with Gasteiger partial charge in [0.05, 0.1) is 4.90 Å². The number of carbonyl (C=O) groups excluding carboxylic acids is 1. The highest BCUT2D eigenvalue weighted by atomic mass is 32.2. The van der Waals surface area contributed by atoms with E-state index in [9.17, 15) is 13.2 Å². The van der Waals surface area contributed by atoms with E-state index in [4.69, 9.17) is 0 Å². The first-order valence-corrected chi connectivity index (χ1v) is 12.0. The van der Waals surface area contributed by atoms with Crippen LogP contribution in [0.3, 0.4) is 0 Å². The van der Waals surface area contributed by atoms with Crippen molar-refractivity contribution in [2.75, 3.05) is 25.4 Å². The minimum atomic E-state index is -3.37. The lowest BCUT2D eigenvalue weighted by Gasteiger charge is -2.15. The van der Waals surface area contributed by atoms with Gasteiger partial charge in [-0.05, 0) is 49.1 Å². The Morgan fingerprint density at radius 2 is 1.68 bits per heavy atom. The van der Waals surface area contributed by atoms with Crippen molar-refractivity contribution < 1.29 is 13.2 Å². The largest absolute Gasteiger partial charge is 0.355 e. The second-order valence-corrected chi connectivity index (χ2v) is 9.87. The molecule has 1 fully saturated rings. The molecule has 0 aliphatic carbocycles. The van der Waals surface area contributed by atoms with Gasteiger partial charge in [0.15, 0.2) is 0 Å². The summed E-state index contributed by atoms with van der Waals surface area (Å²) in [6.07, 6.45) is 2.85. The van der Waals surface area contributed by atoms with Gasteiger partial charge < -0.3 is 5.32 Å². The molecule has 0 aromatic heterocycles. The van der Waals surface area contributed by atoms with Crippen LogP contribution in [0, 0.1) is 0 Å². The molecular formula is C21H26N2O3S2. The summed E-state index contributed by atoms with van der Waals surface area (Å²) in [6.45, 7) is 1.84. The van der Waals surface area contributed by atoms with Gasteiger partial charge in [0, 0.05) is 36.7 Å². The second-order valence-electron chi connectivity index (χ2n) is 6.77. The maximum atomic E-state index is 12.5. The molecule has 1 amide bonds. The molecule has 1 heterocycles. The topological polar surface area (TPSA) is 66.5 Å². The number of sulfonamides is 1. The average Bonchev–Trinajstić information content (AvgIpc) is 3.27. The number of benzene rings is 2. The van der Waals surface area contributed by atoms with Gasteiger partial charge in [-0.3, -0.25) is 4.79 Å². The highest BCUT2D eigenvalue weighted by Gasteiger charge is 2.26. The third-order valence-electron chi connectivity index (χ3n) is 4.70. The summed E-state index contributed by atoms with van der Waals surface area (Å²) in [5, 5.41) is 2.93. The van der Waals surface area contributed by atoms with E-state index in [1.165, 1.54) is 4.90 Å². The molecule has 0 bridgehead atoms. The maximum absolute atomic E-state index is 12.5. The highest BCUT2D eigenvalue weighted by Crippen LogP contribution is 2.21. The molecule has 0 saturated carbocycles. The van der Waals surface area contributed by atoms with Crippen LogP contribution < -0.4 is 5.32 Å². The Bertz CT molecular complexity index is 862. The summed E-state index contributed by atoms with van der Waals surface area (Å²) in [6, 6.07) is 17.0. The van der Waals surface area contributed by atoms with E-state index in [1.54, 1.807) is 28.2 Å². The SMILES string of the molecule is O=C(CCc1ccc(S(=O)(=O)N2CCCC2)cc1)NCCSc1ccccc1. The van der Waals surface area contributed by atoms with E-state index in [-0.39, 0.29) is 5.91 Å². The van der Waals surface area contributed by atoms with E-state index < -0.39 is 10.0 Å². The van der Waals surface area contributed by atoms with E-state index in [0.717, 1.165) is 24.2 Å².